The Labute approximate surface area is 78.6 Å². The Balaban J connectivity index is 3.44. The maximum Gasteiger partial charge on any atom is 0.413 e. The predicted octanol–water partition coefficient (Wildman–Crippen LogP) is 1.84. The van der Waals surface area contributed by atoms with Gasteiger partial charge < -0.3 is 4.74 Å². The van der Waals surface area contributed by atoms with Crippen LogP contribution >= 0.6 is 0 Å². The van der Waals surface area contributed by atoms with Crippen LogP contribution in [0.3, 0.4) is 0 Å². The van der Waals surface area contributed by atoms with E-state index in [4.69, 9.17) is 4.74 Å². The first kappa shape index (κ1) is 11.9. The molecule has 0 spiro atoms. The summed E-state index contributed by atoms with van der Waals surface area (Å²) >= 11 is 0. The van der Waals surface area contributed by atoms with Crippen molar-refractivity contribution in [2.45, 2.75) is 39.5 Å². The van der Waals surface area contributed by atoms with Crippen LogP contribution in [-0.2, 0) is 9.53 Å². The molecule has 0 atom stereocenters. The van der Waals surface area contributed by atoms with E-state index in [0.29, 0.717) is 13.0 Å². The number of hydrogen-bond acceptors (Lipinski definition) is 3. The molecule has 0 saturated carbocycles. The van der Waals surface area contributed by atoms with Crippen LogP contribution in [0.15, 0.2) is 0 Å². The standard InChI is InChI=1S/C9H17NO3/c1-3-5-7-13-9(12)10-8(11)6-4-2/h3-7H2,1-2H3,(H,10,11,12). The highest BCUT2D eigenvalue weighted by atomic mass is 16.5. The minimum absolute atomic E-state index is 0.274. The number of nitrogens with one attached hydrogen (secondary N) is 1. The maximum absolute atomic E-state index is 10.9. The van der Waals surface area contributed by atoms with Gasteiger partial charge in [-0.3, -0.25) is 10.1 Å². The number of amides is 2. The first-order valence-electron chi connectivity index (χ1n) is 4.67. The van der Waals surface area contributed by atoms with Crippen molar-refractivity contribution in [2.75, 3.05) is 6.61 Å². The lowest BCUT2D eigenvalue weighted by atomic mass is 10.3. The monoisotopic (exact) mass is 187 g/mol. The lowest BCUT2D eigenvalue weighted by Crippen LogP contribution is -2.30. The summed E-state index contributed by atoms with van der Waals surface area (Å²) < 4.78 is 4.73. The van der Waals surface area contributed by atoms with Crippen LogP contribution in [0.2, 0.25) is 0 Å². The van der Waals surface area contributed by atoms with Gasteiger partial charge >= 0.3 is 6.09 Å². The molecular weight excluding hydrogens is 170 g/mol. The van der Waals surface area contributed by atoms with E-state index >= 15 is 0 Å². The largest absolute Gasteiger partial charge is 0.449 e. The topological polar surface area (TPSA) is 55.4 Å². The third-order valence-corrected chi connectivity index (χ3v) is 1.45. The average molecular weight is 187 g/mol. The number of imide groups is 1. The van der Waals surface area contributed by atoms with Crippen molar-refractivity contribution in [1.82, 2.24) is 5.32 Å². The van der Waals surface area contributed by atoms with E-state index in [2.05, 4.69) is 5.32 Å². The Kier molecular flexibility index (Phi) is 6.96. The minimum Gasteiger partial charge on any atom is -0.449 e. The van der Waals surface area contributed by atoms with Gasteiger partial charge in [0.25, 0.3) is 0 Å². The molecule has 0 heterocycles. The van der Waals surface area contributed by atoms with Gasteiger partial charge in [0.05, 0.1) is 6.61 Å². The second kappa shape index (κ2) is 7.58. The van der Waals surface area contributed by atoms with Crippen LogP contribution in [0.5, 0.6) is 0 Å². The van der Waals surface area contributed by atoms with E-state index in [0.717, 1.165) is 19.3 Å². The molecule has 0 saturated heterocycles. The first-order valence-corrected chi connectivity index (χ1v) is 4.67. The zero-order valence-electron chi connectivity index (χ0n) is 8.26. The minimum atomic E-state index is -0.632. The van der Waals surface area contributed by atoms with Gasteiger partial charge in [-0.25, -0.2) is 4.79 Å². The highest BCUT2D eigenvalue weighted by Crippen LogP contribution is 1.90. The number of alkyl carbamates (subject to hydrolysis) is 1. The van der Waals surface area contributed by atoms with Crippen LogP contribution in [0.4, 0.5) is 4.79 Å². The Hall–Kier alpha value is -1.06. The van der Waals surface area contributed by atoms with Crippen LogP contribution in [0.1, 0.15) is 39.5 Å². The van der Waals surface area contributed by atoms with E-state index in [1.165, 1.54) is 0 Å². The van der Waals surface area contributed by atoms with Gasteiger partial charge in [-0.15, -0.1) is 0 Å². The summed E-state index contributed by atoms with van der Waals surface area (Å²) in [7, 11) is 0. The fourth-order valence-corrected chi connectivity index (χ4v) is 0.749. The number of unbranched alkanes of at least 4 members (excludes halogenated alkanes) is 1. The van der Waals surface area contributed by atoms with E-state index in [1.807, 2.05) is 13.8 Å². The highest BCUT2D eigenvalue weighted by Gasteiger charge is 2.06. The van der Waals surface area contributed by atoms with E-state index in [-0.39, 0.29) is 5.91 Å². The number of rotatable bonds is 5. The summed E-state index contributed by atoms with van der Waals surface area (Å²) in [5.41, 5.74) is 0. The van der Waals surface area contributed by atoms with Crippen LogP contribution < -0.4 is 5.32 Å². The first-order chi connectivity index (χ1) is 6.20. The number of carbonyl (C=O) groups excluding carboxylic acids is 2. The summed E-state index contributed by atoms with van der Waals surface area (Å²) in [6.07, 6.45) is 2.26. The van der Waals surface area contributed by atoms with Gasteiger partial charge in [-0.05, 0) is 12.8 Å². The molecule has 76 valence electrons. The summed E-state index contributed by atoms with van der Waals surface area (Å²) in [4.78, 5) is 21.7. The van der Waals surface area contributed by atoms with Crippen molar-refractivity contribution in [3.63, 3.8) is 0 Å². The van der Waals surface area contributed by atoms with Crippen molar-refractivity contribution in [2.24, 2.45) is 0 Å². The molecule has 0 aromatic carbocycles. The zero-order chi connectivity index (χ0) is 10.1. The Morgan fingerprint density at radius 2 is 1.92 bits per heavy atom. The van der Waals surface area contributed by atoms with Crippen molar-refractivity contribution in [1.29, 1.82) is 0 Å². The molecule has 0 fully saturated rings. The van der Waals surface area contributed by atoms with E-state index in [9.17, 15) is 9.59 Å². The van der Waals surface area contributed by atoms with Crippen molar-refractivity contribution in [3.8, 4) is 0 Å². The van der Waals surface area contributed by atoms with Gasteiger partial charge in [0.2, 0.25) is 5.91 Å². The third kappa shape index (κ3) is 7.31. The van der Waals surface area contributed by atoms with Crippen LogP contribution in [0, 0.1) is 0 Å². The molecule has 0 radical (unpaired) electrons. The molecule has 0 aliphatic rings. The van der Waals surface area contributed by atoms with Gasteiger partial charge in [-0.1, -0.05) is 20.3 Å². The molecule has 4 nitrogen and oxygen atoms in total. The normalized spacial score (nSPS) is 9.38. The van der Waals surface area contributed by atoms with Gasteiger partial charge in [0.15, 0.2) is 0 Å². The molecule has 0 aliphatic heterocycles. The highest BCUT2D eigenvalue weighted by molar-refractivity contribution is 5.91. The fourth-order valence-electron chi connectivity index (χ4n) is 0.749. The predicted molar refractivity (Wildman–Crippen MR) is 49.3 cm³/mol. The number of carbonyl (C=O) groups is 2. The molecular formula is C9H17NO3. The summed E-state index contributed by atoms with van der Waals surface area (Å²) in [5, 5.41) is 2.14. The zero-order valence-corrected chi connectivity index (χ0v) is 8.26. The quantitative estimate of drug-likeness (QED) is 0.668. The molecule has 13 heavy (non-hydrogen) atoms. The van der Waals surface area contributed by atoms with Crippen molar-refractivity contribution in [3.05, 3.63) is 0 Å². The summed E-state index contributed by atoms with van der Waals surface area (Å²) in [6.45, 7) is 4.26. The number of hydrogen-bond donors (Lipinski definition) is 1. The molecule has 1 N–H and O–H groups in total. The smallest absolute Gasteiger partial charge is 0.413 e. The summed E-state index contributed by atoms with van der Waals surface area (Å²) in [6, 6.07) is 0. The summed E-state index contributed by atoms with van der Waals surface area (Å²) in [5.74, 6) is -0.274. The van der Waals surface area contributed by atoms with Gasteiger partial charge in [0.1, 0.15) is 0 Å². The molecule has 0 aromatic rings. The second-order valence-electron chi connectivity index (χ2n) is 2.79. The molecule has 0 aromatic heterocycles. The third-order valence-electron chi connectivity index (χ3n) is 1.45. The van der Waals surface area contributed by atoms with Crippen molar-refractivity contribution >= 4 is 12.0 Å². The lowest BCUT2D eigenvalue weighted by molar-refractivity contribution is -0.120. The van der Waals surface area contributed by atoms with Crippen LogP contribution in [0.25, 0.3) is 0 Å². The maximum atomic E-state index is 10.9. The van der Waals surface area contributed by atoms with Crippen LogP contribution in [-0.4, -0.2) is 18.6 Å². The van der Waals surface area contributed by atoms with Crippen molar-refractivity contribution < 1.29 is 14.3 Å². The Morgan fingerprint density at radius 3 is 2.46 bits per heavy atom. The second-order valence-corrected chi connectivity index (χ2v) is 2.79. The fraction of sp³-hybridized carbons (Fsp3) is 0.778. The lowest BCUT2D eigenvalue weighted by Gasteiger charge is -2.04. The molecule has 0 rings (SSSR count). The Morgan fingerprint density at radius 1 is 1.23 bits per heavy atom. The van der Waals surface area contributed by atoms with E-state index < -0.39 is 6.09 Å². The average Bonchev–Trinajstić information content (AvgIpc) is 2.05. The molecule has 0 unspecified atom stereocenters. The molecule has 4 heteroatoms. The molecule has 0 aliphatic carbocycles. The van der Waals surface area contributed by atoms with Gasteiger partial charge in [0, 0.05) is 6.42 Å². The Bertz CT molecular complexity index is 168. The molecule has 2 amide bonds. The SMILES string of the molecule is CCCCOC(=O)NC(=O)CCC. The number of ether oxygens (including phenoxy) is 1. The molecule has 0 bridgehead atoms. The van der Waals surface area contributed by atoms with Gasteiger partial charge in [-0.2, -0.15) is 0 Å². The van der Waals surface area contributed by atoms with E-state index in [1.54, 1.807) is 0 Å².